The molecule has 2 aromatic carbocycles. The lowest BCUT2D eigenvalue weighted by atomic mass is 10.0. The van der Waals surface area contributed by atoms with E-state index in [2.05, 4.69) is 12.2 Å². The summed E-state index contributed by atoms with van der Waals surface area (Å²) in [5.74, 6) is 0.0306. The molecule has 0 aliphatic carbocycles. The molecule has 6 heteroatoms. The molecule has 5 nitrogen and oxygen atoms in total. The molecule has 2 atom stereocenters. The molecule has 1 aliphatic rings. The van der Waals surface area contributed by atoms with Crippen molar-refractivity contribution in [2.24, 2.45) is 0 Å². The van der Waals surface area contributed by atoms with Crippen LogP contribution in [0.25, 0.3) is 0 Å². The maximum atomic E-state index is 12.6. The second kappa shape index (κ2) is 11.8. The summed E-state index contributed by atoms with van der Waals surface area (Å²) in [6, 6.07) is 17.1. The third-order valence-electron chi connectivity index (χ3n) is 5.00. The zero-order valence-electron chi connectivity index (χ0n) is 17.3. The number of nitrogens with one attached hydrogen (secondary N) is 1. The van der Waals surface area contributed by atoms with Gasteiger partial charge in [0.05, 0.1) is 17.7 Å². The Labute approximate surface area is 182 Å². The topological polar surface area (TPSA) is 64.6 Å². The number of benzene rings is 2. The highest BCUT2D eigenvalue weighted by Gasteiger charge is 2.20. The predicted molar refractivity (Wildman–Crippen MR) is 119 cm³/mol. The molecule has 1 amide bonds. The number of thioether (sulfide) groups is 1. The Bertz CT molecular complexity index is 821. The standard InChI is InChI=1S/C24H29NO4S/c1-2-9-21(18-10-4-3-5-11-18)25-23(26)16-29-24(27)20-13-6-7-14-22(20)30-17-19-12-8-15-28-19/h3-7,10-11,13-14,19,21H,2,8-9,12,15-17H2,1H3,(H,25,26). The molecule has 1 N–H and O–H groups in total. The number of hydrogen-bond donors (Lipinski definition) is 1. The summed E-state index contributed by atoms with van der Waals surface area (Å²) in [6.45, 7) is 2.59. The number of hydrogen-bond acceptors (Lipinski definition) is 5. The summed E-state index contributed by atoms with van der Waals surface area (Å²) in [4.78, 5) is 25.9. The summed E-state index contributed by atoms with van der Waals surface area (Å²) in [6.07, 6.45) is 4.14. The Kier molecular flexibility index (Phi) is 8.78. The van der Waals surface area contributed by atoms with Crippen LogP contribution >= 0.6 is 11.8 Å². The van der Waals surface area contributed by atoms with Crippen LogP contribution in [0.5, 0.6) is 0 Å². The molecule has 3 rings (SSSR count). The maximum absolute atomic E-state index is 12.6. The first-order chi connectivity index (χ1) is 14.7. The molecule has 1 heterocycles. The predicted octanol–water partition coefficient (Wildman–Crippen LogP) is 4.77. The van der Waals surface area contributed by atoms with E-state index in [1.807, 2.05) is 42.5 Å². The van der Waals surface area contributed by atoms with E-state index >= 15 is 0 Å². The number of esters is 1. The van der Waals surface area contributed by atoms with Gasteiger partial charge in [-0.25, -0.2) is 4.79 Å². The highest BCUT2D eigenvalue weighted by atomic mass is 32.2. The van der Waals surface area contributed by atoms with Gasteiger partial charge < -0.3 is 14.8 Å². The van der Waals surface area contributed by atoms with Gasteiger partial charge in [-0.1, -0.05) is 55.8 Å². The average Bonchev–Trinajstić information content (AvgIpc) is 3.30. The Morgan fingerprint density at radius 1 is 1.17 bits per heavy atom. The van der Waals surface area contributed by atoms with Gasteiger partial charge in [-0.3, -0.25) is 4.79 Å². The lowest BCUT2D eigenvalue weighted by Crippen LogP contribution is -2.32. The Hall–Kier alpha value is -2.31. The van der Waals surface area contributed by atoms with Crippen molar-refractivity contribution in [2.75, 3.05) is 19.0 Å². The minimum Gasteiger partial charge on any atom is -0.452 e. The molecular formula is C24H29NO4S. The minimum absolute atomic E-state index is 0.0864. The van der Waals surface area contributed by atoms with Crippen LogP contribution in [-0.2, 0) is 14.3 Å². The molecule has 30 heavy (non-hydrogen) atoms. The quantitative estimate of drug-likeness (QED) is 0.437. The van der Waals surface area contributed by atoms with E-state index in [1.165, 1.54) is 0 Å². The molecule has 0 aromatic heterocycles. The van der Waals surface area contributed by atoms with Crippen molar-refractivity contribution in [2.45, 2.75) is 49.6 Å². The van der Waals surface area contributed by atoms with E-state index in [-0.39, 0.29) is 24.7 Å². The largest absolute Gasteiger partial charge is 0.452 e. The molecule has 0 radical (unpaired) electrons. The number of carbonyl (C=O) groups excluding carboxylic acids is 2. The van der Waals surface area contributed by atoms with Crippen molar-refractivity contribution in [1.82, 2.24) is 5.32 Å². The Balaban J connectivity index is 1.53. The Morgan fingerprint density at radius 2 is 1.93 bits per heavy atom. The molecule has 160 valence electrons. The molecule has 1 saturated heterocycles. The first-order valence-electron chi connectivity index (χ1n) is 10.5. The highest BCUT2D eigenvalue weighted by Crippen LogP contribution is 2.27. The van der Waals surface area contributed by atoms with E-state index in [0.717, 1.165) is 48.5 Å². The Morgan fingerprint density at radius 3 is 2.67 bits per heavy atom. The van der Waals surface area contributed by atoms with Crippen molar-refractivity contribution in [1.29, 1.82) is 0 Å². The van der Waals surface area contributed by atoms with Crippen LogP contribution in [-0.4, -0.2) is 36.9 Å². The van der Waals surface area contributed by atoms with Crippen LogP contribution < -0.4 is 5.32 Å². The number of rotatable bonds is 10. The lowest BCUT2D eigenvalue weighted by Gasteiger charge is -2.18. The smallest absolute Gasteiger partial charge is 0.339 e. The van der Waals surface area contributed by atoms with Crippen molar-refractivity contribution >= 4 is 23.6 Å². The van der Waals surface area contributed by atoms with E-state index < -0.39 is 5.97 Å². The van der Waals surface area contributed by atoms with Crippen molar-refractivity contribution in [3.63, 3.8) is 0 Å². The van der Waals surface area contributed by atoms with Gasteiger partial charge in [-0.15, -0.1) is 11.8 Å². The zero-order valence-corrected chi connectivity index (χ0v) is 18.2. The van der Waals surface area contributed by atoms with Crippen molar-refractivity contribution in [3.8, 4) is 0 Å². The molecular weight excluding hydrogens is 398 g/mol. The van der Waals surface area contributed by atoms with Gasteiger partial charge in [0.2, 0.25) is 0 Å². The van der Waals surface area contributed by atoms with Crippen LogP contribution in [0.2, 0.25) is 0 Å². The van der Waals surface area contributed by atoms with Crippen LogP contribution in [0.1, 0.15) is 54.6 Å². The fraction of sp³-hybridized carbons (Fsp3) is 0.417. The molecule has 2 aromatic rings. The van der Waals surface area contributed by atoms with Gasteiger partial charge in [0.1, 0.15) is 0 Å². The first-order valence-corrected chi connectivity index (χ1v) is 11.5. The monoisotopic (exact) mass is 427 g/mol. The van der Waals surface area contributed by atoms with Crippen LogP contribution in [0.3, 0.4) is 0 Å². The lowest BCUT2D eigenvalue weighted by molar-refractivity contribution is -0.125. The van der Waals surface area contributed by atoms with Gasteiger partial charge in [0.25, 0.3) is 5.91 Å². The van der Waals surface area contributed by atoms with Gasteiger partial charge >= 0.3 is 5.97 Å². The highest BCUT2D eigenvalue weighted by molar-refractivity contribution is 7.99. The van der Waals surface area contributed by atoms with Crippen LogP contribution in [0, 0.1) is 0 Å². The fourth-order valence-corrected chi connectivity index (χ4v) is 4.57. The molecule has 1 aliphatic heterocycles. The molecule has 0 spiro atoms. The maximum Gasteiger partial charge on any atom is 0.339 e. The van der Waals surface area contributed by atoms with Crippen LogP contribution in [0.15, 0.2) is 59.5 Å². The fourth-order valence-electron chi connectivity index (χ4n) is 3.46. The van der Waals surface area contributed by atoms with E-state index in [4.69, 9.17) is 9.47 Å². The van der Waals surface area contributed by atoms with E-state index in [0.29, 0.717) is 5.56 Å². The normalized spacial score (nSPS) is 16.8. The van der Waals surface area contributed by atoms with Gasteiger partial charge in [0.15, 0.2) is 6.61 Å². The second-order valence-corrected chi connectivity index (χ2v) is 8.40. The molecule has 2 unspecified atom stereocenters. The molecule has 1 fully saturated rings. The summed E-state index contributed by atoms with van der Waals surface area (Å²) < 4.78 is 11.0. The molecule has 0 saturated carbocycles. The average molecular weight is 428 g/mol. The summed E-state index contributed by atoms with van der Waals surface area (Å²) in [5, 5.41) is 2.98. The van der Waals surface area contributed by atoms with Crippen LogP contribution in [0.4, 0.5) is 0 Å². The summed E-state index contributed by atoms with van der Waals surface area (Å²) in [5.41, 5.74) is 1.54. The minimum atomic E-state index is -0.479. The third-order valence-corrected chi connectivity index (χ3v) is 6.21. The van der Waals surface area contributed by atoms with Gasteiger partial charge in [0, 0.05) is 17.3 Å². The number of amides is 1. The zero-order chi connectivity index (χ0) is 21.2. The first kappa shape index (κ1) is 22.4. The number of carbonyl (C=O) groups is 2. The summed E-state index contributed by atoms with van der Waals surface area (Å²) >= 11 is 1.60. The summed E-state index contributed by atoms with van der Waals surface area (Å²) in [7, 11) is 0. The van der Waals surface area contributed by atoms with Gasteiger partial charge in [-0.2, -0.15) is 0 Å². The van der Waals surface area contributed by atoms with Gasteiger partial charge in [-0.05, 0) is 37.0 Å². The van der Waals surface area contributed by atoms with E-state index in [1.54, 1.807) is 23.9 Å². The van der Waals surface area contributed by atoms with E-state index in [9.17, 15) is 9.59 Å². The second-order valence-electron chi connectivity index (χ2n) is 7.34. The van der Waals surface area contributed by atoms with Crippen molar-refractivity contribution < 1.29 is 19.1 Å². The molecule has 0 bridgehead atoms. The van der Waals surface area contributed by atoms with Crippen molar-refractivity contribution in [3.05, 3.63) is 65.7 Å². The SMILES string of the molecule is CCCC(NC(=O)COC(=O)c1ccccc1SCC1CCCO1)c1ccccc1. The number of ether oxygens (including phenoxy) is 2. The third kappa shape index (κ3) is 6.61.